The number of urea groups is 1. The van der Waals surface area contributed by atoms with Crippen LogP contribution >= 0.6 is 0 Å². The first-order valence-electron chi connectivity index (χ1n) is 7.10. The Morgan fingerprint density at radius 3 is 2.70 bits per heavy atom. The maximum Gasteiger partial charge on any atom is 0.337 e. The van der Waals surface area contributed by atoms with Gasteiger partial charge in [0.15, 0.2) is 0 Å². The molecule has 0 spiro atoms. The molecule has 0 aliphatic carbocycles. The fourth-order valence-electron chi connectivity index (χ4n) is 2.88. The molecule has 1 atom stereocenters. The van der Waals surface area contributed by atoms with Crippen LogP contribution in [0.25, 0.3) is 10.8 Å². The number of phenols is 1. The molecule has 0 bridgehead atoms. The minimum atomic E-state index is -0.790. The Bertz CT molecular complexity index is 842. The summed E-state index contributed by atoms with van der Waals surface area (Å²) in [6.45, 7) is 1.63. The number of carbonyl (C=O) groups is 2. The summed E-state index contributed by atoms with van der Waals surface area (Å²) in [7, 11) is 1.28. The van der Waals surface area contributed by atoms with Gasteiger partial charge in [-0.2, -0.15) is 0 Å². The third kappa shape index (κ3) is 2.48. The summed E-state index contributed by atoms with van der Waals surface area (Å²) in [5.41, 5.74) is 1.13. The van der Waals surface area contributed by atoms with Gasteiger partial charge in [0.2, 0.25) is 0 Å². The van der Waals surface area contributed by atoms with E-state index in [1.54, 1.807) is 19.1 Å². The van der Waals surface area contributed by atoms with Gasteiger partial charge in [-0.1, -0.05) is 30.3 Å². The Hall–Kier alpha value is -3.02. The highest BCUT2D eigenvalue weighted by atomic mass is 16.5. The maximum atomic E-state index is 12.2. The van der Waals surface area contributed by atoms with E-state index in [-0.39, 0.29) is 11.3 Å². The SMILES string of the molecule is COC(=O)C1=C(C)NC(=O)N[C@H]1c1c(O)ccc2ccccc12. The summed E-state index contributed by atoms with van der Waals surface area (Å²) in [5.74, 6) is -0.558. The second-order valence-corrected chi connectivity index (χ2v) is 5.28. The summed E-state index contributed by atoms with van der Waals surface area (Å²) in [4.78, 5) is 24.0. The molecule has 6 nitrogen and oxygen atoms in total. The first-order valence-corrected chi connectivity index (χ1v) is 7.10. The van der Waals surface area contributed by atoms with Crippen LogP contribution in [0, 0.1) is 0 Å². The van der Waals surface area contributed by atoms with Crippen molar-refractivity contribution in [3.05, 3.63) is 53.2 Å². The van der Waals surface area contributed by atoms with Crippen molar-refractivity contribution in [2.75, 3.05) is 7.11 Å². The second kappa shape index (κ2) is 5.64. The van der Waals surface area contributed by atoms with E-state index in [1.165, 1.54) is 7.11 Å². The number of esters is 1. The van der Waals surface area contributed by atoms with E-state index in [0.29, 0.717) is 11.3 Å². The van der Waals surface area contributed by atoms with Gasteiger partial charge in [-0.15, -0.1) is 0 Å². The molecule has 0 unspecified atom stereocenters. The van der Waals surface area contributed by atoms with E-state index >= 15 is 0 Å². The van der Waals surface area contributed by atoms with Crippen LogP contribution in [-0.4, -0.2) is 24.2 Å². The molecule has 1 aliphatic rings. The van der Waals surface area contributed by atoms with Crippen LogP contribution < -0.4 is 10.6 Å². The van der Waals surface area contributed by atoms with Gasteiger partial charge in [-0.3, -0.25) is 0 Å². The third-order valence-electron chi connectivity index (χ3n) is 3.91. The molecule has 2 amide bonds. The van der Waals surface area contributed by atoms with E-state index in [2.05, 4.69) is 10.6 Å². The molecule has 118 valence electrons. The molecule has 23 heavy (non-hydrogen) atoms. The Labute approximate surface area is 132 Å². The number of phenolic OH excluding ortho intramolecular Hbond substituents is 1. The zero-order chi connectivity index (χ0) is 16.6. The lowest BCUT2D eigenvalue weighted by Crippen LogP contribution is -2.45. The molecule has 0 aromatic heterocycles. The molecule has 0 fully saturated rings. The summed E-state index contributed by atoms with van der Waals surface area (Å²) < 4.78 is 4.83. The molecule has 6 heteroatoms. The van der Waals surface area contributed by atoms with Crippen molar-refractivity contribution in [3.63, 3.8) is 0 Å². The van der Waals surface area contributed by atoms with Crippen molar-refractivity contribution in [3.8, 4) is 5.75 Å². The van der Waals surface area contributed by atoms with Crippen LogP contribution in [0.3, 0.4) is 0 Å². The monoisotopic (exact) mass is 312 g/mol. The zero-order valence-corrected chi connectivity index (χ0v) is 12.7. The predicted molar refractivity (Wildman–Crippen MR) is 84.7 cm³/mol. The average molecular weight is 312 g/mol. The lowest BCUT2D eigenvalue weighted by atomic mass is 9.90. The molecule has 3 N–H and O–H groups in total. The fourth-order valence-corrected chi connectivity index (χ4v) is 2.88. The minimum Gasteiger partial charge on any atom is -0.508 e. The van der Waals surface area contributed by atoms with Crippen molar-refractivity contribution in [2.24, 2.45) is 0 Å². The van der Waals surface area contributed by atoms with Crippen molar-refractivity contribution < 1.29 is 19.4 Å². The first kappa shape index (κ1) is 14.9. The molecule has 1 aliphatic heterocycles. The normalized spacial score (nSPS) is 17.7. The summed E-state index contributed by atoms with van der Waals surface area (Å²) in [5, 5.41) is 17.3. The molecule has 3 rings (SSSR count). The van der Waals surface area contributed by atoms with Gasteiger partial charge in [0.1, 0.15) is 5.75 Å². The van der Waals surface area contributed by atoms with Gasteiger partial charge in [-0.25, -0.2) is 9.59 Å². The number of fused-ring (bicyclic) bond motifs is 1. The molecule has 1 heterocycles. The quantitative estimate of drug-likeness (QED) is 0.743. The number of ether oxygens (including phenoxy) is 1. The van der Waals surface area contributed by atoms with Crippen LogP contribution in [0.5, 0.6) is 5.75 Å². The molecular weight excluding hydrogens is 296 g/mol. The highest BCUT2D eigenvalue weighted by molar-refractivity contribution is 5.98. The van der Waals surface area contributed by atoms with E-state index < -0.39 is 18.0 Å². The number of hydrogen-bond acceptors (Lipinski definition) is 4. The van der Waals surface area contributed by atoms with Crippen molar-refractivity contribution in [2.45, 2.75) is 13.0 Å². The Balaban J connectivity index is 2.27. The number of benzene rings is 2. The van der Waals surface area contributed by atoms with Crippen molar-refractivity contribution in [1.29, 1.82) is 0 Å². The average Bonchev–Trinajstić information content (AvgIpc) is 2.53. The third-order valence-corrected chi connectivity index (χ3v) is 3.91. The largest absolute Gasteiger partial charge is 0.508 e. The van der Waals surface area contributed by atoms with Gasteiger partial charge in [0.25, 0.3) is 0 Å². The maximum absolute atomic E-state index is 12.2. The molecule has 0 saturated carbocycles. The van der Waals surface area contributed by atoms with Crippen molar-refractivity contribution in [1.82, 2.24) is 10.6 Å². The first-order chi connectivity index (χ1) is 11.0. The van der Waals surface area contributed by atoms with Gasteiger partial charge in [-0.05, 0) is 23.8 Å². The second-order valence-electron chi connectivity index (χ2n) is 5.28. The number of nitrogens with one attached hydrogen (secondary N) is 2. The van der Waals surface area contributed by atoms with E-state index in [1.807, 2.05) is 24.3 Å². The topological polar surface area (TPSA) is 87.7 Å². The summed E-state index contributed by atoms with van der Waals surface area (Å²) >= 11 is 0. The van der Waals surface area contributed by atoms with Crippen LogP contribution in [0.4, 0.5) is 4.79 Å². The fraction of sp³-hybridized carbons (Fsp3) is 0.176. The van der Waals surface area contributed by atoms with Crippen LogP contribution in [0.2, 0.25) is 0 Å². The number of hydrogen-bond donors (Lipinski definition) is 3. The summed E-state index contributed by atoms with van der Waals surface area (Å²) in [6, 6.07) is 9.56. The van der Waals surface area contributed by atoms with E-state index in [4.69, 9.17) is 4.74 Å². The highest BCUT2D eigenvalue weighted by Crippen LogP contribution is 2.37. The Morgan fingerprint density at radius 2 is 1.96 bits per heavy atom. The summed E-state index contributed by atoms with van der Waals surface area (Å²) in [6.07, 6.45) is 0. The molecule has 2 aromatic carbocycles. The number of methoxy groups -OCH3 is 1. The standard InChI is InChI=1S/C17H16N2O4/c1-9-13(16(21)23-2)15(19-17(22)18-9)14-11-6-4-3-5-10(11)7-8-12(14)20/h3-8,15,20H,1-2H3,(H2,18,19,22)/t15-/m1/s1. The lowest BCUT2D eigenvalue weighted by molar-refractivity contribution is -0.136. The van der Waals surface area contributed by atoms with Gasteiger partial charge < -0.3 is 20.5 Å². The van der Waals surface area contributed by atoms with Gasteiger partial charge in [0, 0.05) is 11.3 Å². The number of aromatic hydroxyl groups is 1. The number of rotatable bonds is 2. The predicted octanol–water partition coefficient (Wildman–Crippen LogP) is 2.35. The molecule has 0 saturated heterocycles. The molecule has 2 aromatic rings. The minimum absolute atomic E-state index is 0.00473. The zero-order valence-electron chi connectivity index (χ0n) is 12.7. The van der Waals surface area contributed by atoms with E-state index in [9.17, 15) is 14.7 Å². The van der Waals surface area contributed by atoms with Crippen LogP contribution in [0.1, 0.15) is 18.5 Å². The Morgan fingerprint density at radius 1 is 1.22 bits per heavy atom. The lowest BCUT2D eigenvalue weighted by Gasteiger charge is -2.29. The highest BCUT2D eigenvalue weighted by Gasteiger charge is 2.34. The number of allylic oxidation sites excluding steroid dienone is 1. The van der Waals surface area contributed by atoms with E-state index in [0.717, 1.165) is 10.8 Å². The van der Waals surface area contributed by atoms with Crippen LogP contribution in [-0.2, 0) is 9.53 Å². The molecular formula is C17H16N2O4. The van der Waals surface area contributed by atoms with Gasteiger partial charge in [0.05, 0.1) is 18.7 Å². The smallest absolute Gasteiger partial charge is 0.337 e. The number of amides is 2. The molecule has 0 radical (unpaired) electrons. The number of carbonyl (C=O) groups excluding carboxylic acids is 2. The van der Waals surface area contributed by atoms with Crippen molar-refractivity contribution >= 4 is 22.8 Å². The Kier molecular flexibility index (Phi) is 3.65. The van der Waals surface area contributed by atoms with Crippen LogP contribution in [0.15, 0.2) is 47.7 Å². The van der Waals surface area contributed by atoms with Gasteiger partial charge >= 0.3 is 12.0 Å².